The van der Waals surface area contributed by atoms with E-state index >= 15 is 0 Å². The highest BCUT2D eigenvalue weighted by molar-refractivity contribution is 6.12. The molecule has 0 aliphatic rings. The fourth-order valence-corrected chi connectivity index (χ4v) is 8.22. The predicted octanol–water partition coefficient (Wildman–Crippen LogP) is 13.8. The third-order valence-electron chi connectivity index (χ3n) is 10.9. The van der Waals surface area contributed by atoms with E-state index in [4.69, 9.17) is 5.26 Å². The molecule has 2 aromatic heterocycles. The average Bonchev–Trinajstić information content (AvgIpc) is 3.80. The standard InChI is InChI=1S/C46H27F3N4.C7H5N/c1-28-16-18-41-37(20-28)35-12-2-4-14-39(35)52(41)43-22-30(27-51)23-44(45(43)33-10-7-11-34(24-33)46(47,48)49)53-40-15-5-3-13-36(40)38-25-32(17-19-42(38)53)31-9-6-8-29(21-31)26-50;8-6-7-4-2-1-3-5-7/h2-25H,1H3;1-5H. The van der Waals surface area contributed by atoms with Crippen molar-refractivity contribution in [3.05, 3.63) is 204 Å². The molecule has 0 unspecified atom stereocenters. The van der Waals surface area contributed by atoms with E-state index in [-0.39, 0.29) is 0 Å². The van der Waals surface area contributed by atoms with Crippen LogP contribution in [0.4, 0.5) is 13.2 Å². The van der Waals surface area contributed by atoms with Crippen LogP contribution in [-0.4, -0.2) is 9.13 Å². The van der Waals surface area contributed by atoms with E-state index in [0.717, 1.165) is 66.4 Å². The van der Waals surface area contributed by atoms with Gasteiger partial charge in [-0.05, 0) is 109 Å². The third kappa shape index (κ3) is 6.91. The van der Waals surface area contributed by atoms with E-state index in [9.17, 15) is 23.7 Å². The fourth-order valence-electron chi connectivity index (χ4n) is 8.22. The number of halogens is 3. The van der Waals surface area contributed by atoms with E-state index in [1.807, 2.05) is 122 Å². The van der Waals surface area contributed by atoms with Crippen molar-refractivity contribution in [3.8, 4) is 51.8 Å². The molecule has 0 fully saturated rings. The fraction of sp³-hybridized carbons (Fsp3) is 0.0377. The Morgan fingerprint density at radius 3 is 1.52 bits per heavy atom. The van der Waals surface area contributed by atoms with Crippen LogP contribution in [0.2, 0.25) is 0 Å². The molecule has 0 aliphatic carbocycles. The first kappa shape index (κ1) is 38.2. The second-order valence-corrected chi connectivity index (χ2v) is 14.7. The normalized spacial score (nSPS) is 11.2. The molecule has 8 aromatic carbocycles. The maximum atomic E-state index is 14.4. The zero-order valence-electron chi connectivity index (χ0n) is 32.6. The topological polar surface area (TPSA) is 81.2 Å². The van der Waals surface area contributed by atoms with Crippen LogP contribution in [0.5, 0.6) is 0 Å². The Balaban J connectivity index is 0.000000537. The number of alkyl halides is 3. The van der Waals surface area contributed by atoms with Crippen LogP contribution in [0.3, 0.4) is 0 Å². The van der Waals surface area contributed by atoms with Crippen LogP contribution in [0.25, 0.3) is 77.2 Å². The van der Waals surface area contributed by atoms with Gasteiger partial charge in [-0.2, -0.15) is 29.0 Å². The number of nitrogens with zero attached hydrogens (tertiary/aromatic N) is 5. The zero-order valence-corrected chi connectivity index (χ0v) is 32.6. The lowest BCUT2D eigenvalue weighted by Crippen LogP contribution is -2.07. The highest BCUT2D eigenvalue weighted by Crippen LogP contribution is 2.44. The number of hydrogen-bond acceptors (Lipinski definition) is 3. The molecule has 61 heavy (non-hydrogen) atoms. The molecular formula is C53H32F3N5. The zero-order chi connectivity index (χ0) is 42.3. The molecule has 10 rings (SSSR count). The molecule has 0 bridgehead atoms. The van der Waals surface area contributed by atoms with Crippen molar-refractivity contribution >= 4 is 43.6 Å². The van der Waals surface area contributed by atoms with E-state index in [2.05, 4.69) is 33.4 Å². The largest absolute Gasteiger partial charge is 0.416 e. The molecule has 10 aromatic rings. The van der Waals surface area contributed by atoms with Crippen LogP contribution in [0.15, 0.2) is 176 Å². The molecule has 8 heteroatoms. The van der Waals surface area contributed by atoms with Gasteiger partial charge in [0.25, 0.3) is 0 Å². The Kier molecular flexibility index (Phi) is 9.64. The summed E-state index contributed by atoms with van der Waals surface area (Å²) in [6, 6.07) is 60.2. The van der Waals surface area contributed by atoms with Gasteiger partial charge in [-0.15, -0.1) is 0 Å². The van der Waals surface area contributed by atoms with E-state index < -0.39 is 11.7 Å². The molecule has 0 atom stereocenters. The highest BCUT2D eigenvalue weighted by Gasteiger charge is 2.31. The van der Waals surface area contributed by atoms with Crippen molar-refractivity contribution in [1.82, 2.24) is 9.13 Å². The third-order valence-corrected chi connectivity index (χ3v) is 10.9. The van der Waals surface area contributed by atoms with Crippen molar-refractivity contribution in [2.24, 2.45) is 0 Å². The number of nitriles is 3. The van der Waals surface area contributed by atoms with Gasteiger partial charge in [-0.3, -0.25) is 0 Å². The van der Waals surface area contributed by atoms with Crippen molar-refractivity contribution in [3.63, 3.8) is 0 Å². The molecule has 0 amide bonds. The summed E-state index contributed by atoms with van der Waals surface area (Å²) < 4.78 is 47.2. The first-order valence-corrected chi connectivity index (χ1v) is 19.4. The minimum atomic E-state index is -4.57. The Bertz CT molecular complexity index is 3460. The summed E-state index contributed by atoms with van der Waals surface area (Å²) >= 11 is 0. The Hall–Kier alpha value is -8.38. The number of fused-ring (bicyclic) bond motifs is 6. The Labute approximate surface area is 349 Å². The van der Waals surface area contributed by atoms with Gasteiger partial charge >= 0.3 is 6.18 Å². The molecule has 290 valence electrons. The smallest absolute Gasteiger partial charge is 0.308 e. The second-order valence-electron chi connectivity index (χ2n) is 14.7. The van der Waals surface area contributed by atoms with Crippen molar-refractivity contribution in [2.75, 3.05) is 0 Å². The maximum absolute atomic E-state index is 14.4. The summed E-state index contributed by atoms with van der Waals surface area (Å²) in [5.41, 5.74) is 9.22. The number of benzene rings is 8. The van der Waals surface area contributed by atoms with Crippen LogP contribution in [-0.2, 0) is 6.18 Å². The second kappa shape index (κ2) is 15.4. The molecule has 0 saturated heterocycles. The first-order chi connectivity index (χ1) is 29.7. The molecule has 0 N–H and O–H groups in total. The van der Waals surface area contributed by atoms with Gasteiger partial charge in [-0.1, -0.05) is 96.6 Å². The van der Waals surface area contributed by atoms with Crippen LogP contribution < -0.4 is 0 Å². The molecule has 0 saturated carbocycles. The van der Waals surface area contributed by atoms with Crippen molar-refractivity contribution in [1.29, 1.82) is 15.8 Å². The number of para-hydroxylation sites is 2. The van der Waals surface area contributed by atoms with Crippen LogP contribution >= 0.6 is 0 Å². The molecule has 0 radical (unpaired) electrons. The van der Waals surface area contributed by atoms with Gasteiger partial charge in [0.05, 0.1) is 73.9 Å². The number of rotatable bonds is 4. The van der Waals surface area contributed by atoms with Gasteiger partial charge in [-0.25, -0.2) is 0 Å². The van der Waals surface area contributed by atoms with Crippen molar-refractivity contribution < 1.29 is 13.2 Å². The van der Waals surface area contributed by atoms with Crippen molar-refractivity contribution in [2.45, 2.75) is 13.1 Å². The van der Waals surface area contributed by atoms with E-state index in [0.29, 0.717) is 39.2 Å². The molecule has 0 aliphatic heterocycles. The maximum Gasteiger partial charge on any atom is 0.416 e. The molecule has 5 nitrogen and oxygen atoms in total. The van der Waals surface area contributed by atoms with Gasteiger partial charge in [0.15, 0.2) is 0 Å². The first-order valence-electron chi connectivity index (χ1n) is 19.4. The molecule has 0 spiro atoms. The predicted molar refractivity (Wildman–Crippen MR) is 236 cm³/mol. The SMILES string of the molecule is Cc1ccc2c(c1)c1ccccc1n2-c1cc(C#N)cc(-n2c3ccccc3c3cc(-c4cccc(C#N)c4)ccc32)c1-c1cccc(C(F)(F)F)c1.N#Cc1ccccc1. The van der Waals surface area contributed by atoms with Crippen LogP contribution in [0.1, 0.15) is 27.8 Å². The summed E-state index contributed by atoms with van der Waals surface area (Å²) in [5.74, 6) is 0. The summed E-state index contributed by atoms with van der Waals surface area (Å²) in [6.07, 6.45) is -4.57. The number of hydrogen-bond donors (Lipinski definition) is 0. The van der Waals surface area contributed by atoms with E-state index in [1.54, 1.807) is 36.4 Å². The van der Waals surface area contributed by atoms with Gasteiger partial charge in [0, 0.05) is 27.1 Å². The lowest BCUT2D eigenvalue weighted by Gasteiger charge is -2.21. The average molecular weight is 796 g/mol. The molecule has 2 heterocycles. The van der Waals surface area contributed by atoms with E-state index in [1.165, 1.54) is 12.1 Å². The van der Waals surface area contributed by atoms with Gasteiger partial charge < -0.3 is 9.13 Å². The Morgan fingerprint density at radius 1 is 0.410 bits per heavy atom. The molecular weight excluding hydrogens is 764 g/mol. The Morgan fingerprint density at radius 2 is 0.918 bits per heavy atom. The number of aromatic nitrogens is 2. The minimum absolute atomic E-state index is 0.361. The summed E-state index contributed by atoms with van der Waals surface area (Å²) in [4.78, 5) is 0. The summed E-state index contributed by atoms with van der Waals surface area (Å²) in [7, 11) is 0. The summed E-state index contributed by atoms with van der Waals surface area (Å²) in [6.45, 7) is 2.03. The van der Waals surface area contributed by atoms with Gasteiger partial charge in [0.1, 0.15) is 0 Å². The highest BCUT2D eigenvalue weighted by atomic mass is 19.4. The quantitative estimate of drug-likeness (QED) is 0.178. The lowest BCUT2D eigenvalue weighted by atomic mass is 9.96. The van der Waals surface area contributed by atoms with Gasteiger partial charge in [0.2, 0.25) is 0 Å². The monoisotopic (exact) mass is 795 g/mol. The number of aryl methyl sites for hydroxylation is 1. The minimum Gasteiger partial charge on any atom is -0.308 e. The lowest BCUT2D eigenvalue weighted by molar-refractivity contribution is -0.137. The summed E-state index contributed by atoms with van der Waals surface area (Å²) in [5, 5.41) is 32.3. The van der Waals surface area contributed by atoms with Crippen LogP contribution in [0, 0.1) is 40.9 Å².